The molecule has 1 N–H and O–H groups in total. The van der Waals surface area contributed by atoms with E-state index >= 15 is 0 Å². The van der Waals surface area contributed by atoms with Gasteiger partial charge in [-0.3, -0.25) is 4.79 Å². The quantitative estimate of drug-likeness (QED) is 0.509. The lowest BCUT2D eigenvalue weighted by atomic mass is 10.1. The van der Waals surface area contributed by atoms with Crippen molar-refractivity contribution in [3.05, 3.63) is 71.5 Å². The SMILES string of the molecule is COc1cc(NC(=O)Cc2c(C)nc3cc(-c4ccccc4)nn3c2C)cc(OC)c1. The van der Waals surface area contributed by atoms with Crippen molar-refractivity contribution in [1.82, 2.24) is 14.6 Å². The van der Waals surface area contributed by atoms with E-state index in [9.17, 15) is 4.79 Å². The number of carbonyl (C=O) groups is 1. The molecule has 2 heterocycles. The second kappa shape index (κ2) is 8.47. The third-order valence-electron chi connectivity index (χ3n) is 5.21. The summed E-state index contributed by atoms with van der Waals surface area (Å²) in [5, 5.41) is 7.63. The molecule has 1 amide bonds. The van der Waals surface area contributed by atoms with Crippen molar-refractivity contribution in [3.8, 4) is 22.8 Å². The Kier molecular flexibility index (Phi) is 5.58. The Hall–Kier alpha value is -3.87. The molecule has 0 aliphatic rings. The summed E-state index contributed by atoms with van der Waals surface area (Å²) in [5.74, 6) is 1.06. The van der Waals surface area contributed by atoms with Gasteiger partial charge in [0.2, 0.25) is 5.91 Å². The molecule has 4 aromatic rings. The third-order valence-corrected chi connectivity index (χ3v) is 5.21. The second-order valence-corrected chi connectivity index (χ2v) is 7.25. The number of methoxy groups -OCH3 is 2. The monoisotopic (exact) mass is 416 g/mol. The number of ether oxygens (including phenoxy) is 2. The van der Waals surface area contributed by atoms with Crippen LogP contribution in [0.3, 0.4) is 0 Å². The highest BCUT2D eigenvalue weighted by molar-refractivity contribution is 5.93. The lowest BCUT2D eigenvalue weighted by molar-refractivity contribution is -0.115. The van der Waals surface area contributed by atoms with Crippen molar-refractivity contribution in [3.63, 3.8) is 0 Å². The van der Waals surface area contributed by atoms with Gasteiger partial charge in [0, 0.05) is 52.5 Å². The normalized spacial score (nSPS) is 10.8. The zero-order valence-electron chi connectivity index (χ0n) is 18.0. The lowest BCUT2D eigenvalue weighted by Gasteiger charge is -2.12. The summed E-state index contributed by atoms with van der Waals surface area (Å²) < 4.78 is 12.3. The fraction of sp³-hybridized carbons (Fsp3) is 0.208. The fourth-order valence-electron chi connectivity index (χ4n) is 3.58. The Morgan fingerprint density at radius 2 is 1.68 bits per heavy atom. The second-order valence-electron chi connectivity index (χ2n) is 7.25. The number of fused-ring (bicyclic) bond motifs is 1. The van der Waals surface area contributed by atoms with Crippen molar-refractivity contribution in [1.29, 1.82) is 0 Å². The zero-order valence-corrected chi connectivity index (χ0v) is 18.0. The summed E-state index contributed by atoms with van der Waals surface area (Å²) in [4.78, 5) is 17.5. The van der Waals surface area contributed by atoms with Gasteiger partial charge in [0.1, 0.15) is 11.5 Å². The first kappa shape index (κ1) is 20.4. The minimum absolute atomic E-state index is 0.155. The summed E-state index contributed by atoms with van der Waals surface area (Å²) >= 11 is 0. The number of carbonyl (C=O) groups excluding carboxylic acids is 1. The Morgan fingerprint density at radius 1 is 1.00 bits per heavy atom. The molecule has 0 saturated heterocycles. The van der Waals surface area contributed by atoms with Gasteiger partial charge >= 0.3 is 0 Å². The van der Waals surface area contributed by atoms with Crippen LogP contribution in [0.1, 0.15) is 17.0 Å². The number of hydrogen-bond donors (Lipinski definition) is 1. The third kappa shape index (κ3) is 4.21. The molecule has 7 nitrogen and oxygen atoms in total. The van der Waals surface area contributed by atoms with Crippen LogP contribution in [-0.4, -0.2) is 34.7 Å². The number of amides is 1. The average molecular weight is 416 g/mol. The number of nitrogens with one attached hydrogen (secondary N) is 1. The van der Waals surface area contributed by atoms with Crippen molar-refractivity contribution in [2.75, 3.05) is 19.5 Å². The van der Waals surface area contributed by atoms with E-state index in [1.807, 2.05) is 50.2 Å². The van der Waals surface area contributed by atoms with Gasteiger partial charge in [-0.2, -0.15) is 5.10 Å². The molecule has 4 rings (SSSR count). The van der Waals surface area contributed by atoms with Crippen LogP contribution < -0.4 is 14.8 Å². The molecular weight excluding hydrogens is 392 g/mol. The van der Waals surface area contributed by atoms with Crippen LogP contribution in [0, 0.1) is 13.8 Å². The summed E-state index contributed by atoms with van der Waals surface area (Å²) in [5.41, 5.74) is 5.79. The Labute approximate surface area is 180 Å². The van der Waals surface area contributed by atoms with E-state index in [2.05, 4.69) is 10.3 Å². The first-order chi connectivity index (χ1) is 15.0. The Balaban J connectivity index is 1.61. The molecule has 7 heteroatoms. The molecule has 0 bridgehead atoms. The Bertz CT molecular complexity index is 1230. The van der Waals surface area contributed by atoms with Crippen molar-refractivity contribution >= 4 is 17.2 Å². The van der Waals surface area contributed by atoms with Gasteiger partial charge in [0.05, 0.1) is 26.3 Å². The maximum absolute atomic E-state index is 12.8. The van der Waals surface area contributed by atoms with Crippen molar-refractivity contribution in [2.24, 2.45) is 0 Å². The summed E-state index contributed by atoms with van der Waals surface area (Å²) in [6, 6.07) is 17.2. The summed E-state index contributed by atoms with van der Waals surface area (Å²) in [6.45, 7) is 3.88. The van der Waals surface area contributed by atoms with Crippen LogP contribution in [0.2, 0.25) is 0 Å². The highest BCUT2D eigenvalue weighted by Gasteiger charge is 2.16. The molecule has 31 heavy (non-hydrogen) atoms. The maximum atomic E-state index is 12.8. The fourth-order valence-corrected chi connectivity index (χ4v) is 3.58. The van der Waals surface area contributed by atoms with Crippen LogP contribution in [0.25, 0.3) is 16.9 Å². The van der Waals surface area contributed by atoms with E-state index in [4.69, 9.17) is 14.6 Å². The van der Waals surface area contributed by atoms with E-state index in [0.717, 1.165) is 33.9 Å². The van der Waals surface area contributed by atoms with E-state index < -0.39 is 0 Å². The van der Waals surface area contributed by atoms with E-state index in [1.54, 1.807) is 36.9 Å². The summed E-state index contributed by atoms with van der Waals surface area (Å²) in [7, 11) is 3.14. The highest BCUT2D eigenvalue weighted by atomic mass is 16.5. The zero-order chi connectivity index (χ0) is 22.0. The smallest absolute Gasteiger partial charge is 0.228 e. The number of rotatable bonds is 6. The molecule has 2 aromatic carbocycles. The first-order valence-corrected chi connectivity index (χ1v) is 9.92. The maximum Gasteiger partial charge on any atom is 0.228 e. The predicted molar refractivity (Wildman–Crippen MR) is 120 cm³/mol. The molecule has 0 spiro atoms. The van der Waals surface area contributed by atoms with E-state index in [-0.39, 0.29) is 12.3 Å². The van der Waals surface area contributed by atoms with Crippen LogP contribution in [-0.2, 0) is 11.2 Å². The average Bonchev–Trinajstić information content (AvgIpc) is 3.21. The van der Waals surface area contributed by atoms with Crippen molar-refractivity contribution < 1.29 is 14.3 Å². The van der Waals surface area contributed by atoms with Gasteiger partial charge in [-0.05, 0) is 13.8 Å². The van der Waals surface area contributed by atoms with Gasteiger partial charge in [-0.15, -0.1) is 0 Å². The molecule has 2 aromatic heterocycles. The number of benzene rings is 2. The number of aryl methyl sites for hydroxylation is 2. The standard InChI is InChI=1S/C24H24N4O3/c1-15-21(13-24(29)26-18-10-19(30-3)12-20(11-18)31-4)16(2)28-23(25-15)14-22(27-28)17-8-6-5-7-9-17/h5-12,14H,13H2,1-4H3,(H,26,29). The molecule has 0 aliphatic heterocycles. The lowest BCUT2D eigenvalue weighted by Crippen LogP contribution is -2.17. The van der Waals surface area contributed by atoms with Crippen LogP contribution in [0.4, 0.5) is 5.69 Å². The molecular formula is C24H24N4O3. The molecule has 0 unspecified atom stereocenters. The van der Waals surface area contributed by atoms with Gasteiger partial charge in [0.25, 0.3) is 0 Å². The minimum Gasteiger partial charge on any atom is -0.497 e. The Morgan fingerprint density at radius 3 is 2.32 bits per heavy atom. The predicted octanol–water partition coefficient (Wildman–Crippen LogP) is 4.21. The molecule has 0 radical (unpaired) electrons. The number of anilines is 1. The minimum atomic E-state index is -0.155. The number of nitrogens with zero attached hydrogens (tertiary/aromatic N) is 3. The van der Waals surface area contributed by atoms with Gasteiger partial charge in [-0.25, -0.2) is 9.50 Å². The summed E-state index contributed by atoms with van der Waals surface area (Å²) in [6.07, 6.45) is 0.181. The molecule has 0 fully saturated rings. The largest absolute Gasteiger partial charge is 0.497 e. The highest BCUT2D eigenvalue weighted by Crippen LogP contribution is 2.26. The first-order valence-electron chi connectivity index (χ1n) is 9.92. The van der Waals surface area contributed by atoms with Crippen molar-refractivity contribution in [2.45, 2.75) is 20.3 Å². The van der Waals surface area contributed by atoms with Gasteiger partial charge < -0.3 is 14.8 Å². The van der Waals surface area contributed by atoms with Gasteiger partial charge in [-0.1, -0.05) is 30.3 Å². The van der Waals surface area contributed by atoms with E-state index in [1.165, 1.54) is 0 Å². The van der Waals surface area contributed by atoms with Crippen LogP contribution in [0.15, 0.2) is 54.6 Å². The number of aromatic nitrogens is 3. The van der Waals surface area contributed by atoms with Crippen LogP contribution >= 0.6 is 0 Å². The topological polar surface area (TPSA) is 77.8 Å². The van der Waals surface area contributed by atoms with Gasteiger partial charge in [0.15, 0.2) is 5.65 Å². The molecule has 0 saturated carbocycles. The van der Waals surface area contributed by atoms with Crippen LogP contribution in [0.5, 0.6) is 11.5 Å². The molecule has 158 valence electrons. The van der Waals surface area contributed by atoms with E-state index in [0.29, 0.717) is 17.2 Å². The molecule has 0 aliphatic carbocycles. The molecule has 0 atom stereocenters. The number of hydrogen-bond acceptors (Lipinski definition) is 5.